The third-order valence-corrected chi connectivity index (χ3v) is 4.28. The molecule has 1 atom stereocenters. The van der Waals surface area contributed by atoms with Crippen molar-refractivity contribution in [3.8, 4) is 5.75 Å². The van der Waals surface area contributed by atoms with E-state index in [-0.39, 0.29) is 0 Å². The van der Waals surface area contributed by atoms with Crippen molar-refractivity contribution in [2.24, 2.45) is 0 Å². The molecule has 0 saturated carbocycles. The molecule has 0 bridgehead atoms. The first-order valence-electron chi connectivity index (χ1n) is 7.40. The number of amides is 1. The van der Waals surface area contributed by atoms with E-state index in [4.69, 9.17) is 21.1 Å². The average molecular weight is 346 g/mol. The Morgan fingerprint density at radius 3 is 2.75 bits per heavy atom. The molecule has 2 aromatic rings. The highest BCUT2D eigenvalue weighted by Crippen LogP contribution is 2.34. The molecule has 0 aliphatic carbocycles. The van der Waals surface area contributed by atoms with Gasteiger partial charge in [-0.1, -0.05) is 35.9 Å². The van der Waals surface area contributed by atoms with Gasteiger partial charge in [-0.25, -0.2) is 4.79 Å². The summed E-state index contributed by atoms with van der Waals surface area (Å²) < 4.78 is 10.6. The molecule has 124 valence electrons. The molecule has 0 fully saturated rings. The molecular weight excluding hydrogens is 330 g/mol. The number of carbonyl (C=O) groups excluding carboxylic acids is 2. The first kappa shape index (κ1) is 16.3. The largest absolute Gasteiger partial charge is 0.493 e. The third-order valence-electron chi connectivity index (χ3n) is 3.98. The summed E-state index contributed by atoms with van der Waals surface area (Å²) in [4.78, 5) is 24.9. The fourth-order valence-electron chi connectivity index (χ4n) is 2.73. The maximum Gasteiger partial charge on any atom is 0.339 e. The Hall–Kier alpha value is -2.53. The quantitative estimate of drug-likeness (QED) is 0.865. The maximum atomic E-state index is 12.7. The van der Waals surface area contributed by atoms with Gasteiger partial charge in [0.25, 0.3) is 5.91 Å². The van der Waals surface area contributed by atoms with E-state index in [1.807, 2.05) is 12.1 Å². The maximum absolute atomic E-state index is 12.7. The van der Waals surface area contributed by atoms with E-state index in [0.29, 0.717) is 28.4 Å². The van der Waals surface area contributed by atoms with Crippen LogP contribution >= 0.6 is 11.6 Å². The lowest BCUT2D eigenvalue weighted by molar-refractivity contribution is -0.134. The van der Waals surface area contributed by atoms with Crippen LogP contribution in [0.5, 0.6) is 5.75 Å². The van der Waals surface area contributed by atoms with Gasteiger partial charge in [-0.2, -0.15) is 0 Å². The van der Waals surface area contributed by atoms with E-state index < -0.39 is 17.5 Å². The van der Waals surface area contributed by atoms with E-state index in [1.54, 1.807) is 37.3 Å². The smallest absolute Gasteiger partial charge is 0.339 e. The van der Waals surface area contributed by atoms with Gasteiger partial charge in [0.1, 0.15) is 0 Å². The molecule has 1 N–H and O–H groups in total. The number of esters is 1. The first-order valence-corrected chi connectivity index (χ1v) is 7.77. The van der Waals surface area contributed by atoms with Crippen molar-refractivity contribution in [1.82, 2.24) is 0 Å². The van der Waals surface area contributed by atoms with Crippen LogP contribution in [0.1, 0.15) is 22.8 Å². The van der Waals surface area contributed by atoms with E-state index in [1.165, 1.54) is 7.11 Å². The monoisotopic (exact) mass is 345 g/mol. The van der Waals surface area contributed by atoms with Crippen LogP contribution in [0.2, 0.25) is 5.02 Å². The Morgan fingerprint density at radius 2 is 2.00 bits per heavy atom. The topological polar surface area (TPSA) is 64.6 Å². The highest BCUT2D eigenvalue weighted by molar-refractivity contribution is 6.32. The second-order valence-electron chi connectivity index (χ2n) is 5.73. The number of fused-ring (bicyclic) bond motifs is 1. The predicted molar refractivity (Wildman–Crippen MR) is 90.6 cm³/mol. The summed E-state index contributed by atoms with van der Waals surface area (Å²) in [6, 6.07) is 12.1. The second kappa shape index (κ2) is 6.17. The molecule has 5 nitrogen and oxygen atoms in total. The molecular formula is C18H16ClNO4. The number of ether oxygens (including phenoxy) is 2. The first-order chi connectivity index (χ1) is 11.4. The van der Waals surface area contributed by atoms with Crippen molar-refractivity contribution >= 4 is 29.2 Å². The Bertz CT molecular complexity index is 820. The summed E-state index contributed by atoms with van der Waals surface area (Å²) in [6.45, 7) is 1.59. The highest BCUT2D eigenvalue weighted by atomic mass is 35.5. The van der Waals surface area contributed by atoms with Gasteiger partial charge in [-0.15, -0.1) is 0 Å². The minimum Gasteiger partial charge on any atom is -0.493 e. The van der Waals surface area contributed by atoms with Crippen LogP contribution in [0.25, 0.3) is 0 Å². The van der Waals surface area contributed by atoms with Crippen LogP contribution in [0.15, 0.2) is 42.5 Å². The number of anilines is 1. The van der Waals surface area contributed by atoms with Crippen LogP contribution in [0.4, 0.5) is 5.69 Å². The van der Waals surface area contributed by atoms with Crippen molar-refractivity contribution in [3.63, 3.8) is 0 Å². The Morgan fingerprint density at radius 1 is 1.25 bits per heavy atom. The zero-order valence-corrected chi connectivity index (χ0v) is 14.0. The normalized spacial score (nSPS) is 19.2. The molecule has 1 unspecified atom stereocenters. The number of halogens is 1. The lowest BCUT2D eigenvalue weighted by Crippen LogP contribution is -2.48. The van der Waals surface area contributed by atoms with Crippen LogP contribution in [-0.4, -0.2) is 24.6 Å². The number of nitrogens with one attached hydrogen (secondary N) is 1. The van der Waals surface area contributed by atoms with Crippen LogP contribution in [0.3, 0.4) is 0 Å². The van der Waals surface area contributed by atoms with Crippen molar-refractivity contribution in [3.05, 3.63) is 58.6 Å². The van der Waals surface area contributed by atoms with Crippen molar-refractivity contribution < 1.29 is 19.1 Å². The minimum atomic E-state index is -1.31. The number of hydrogen-bond donors (Lipinski definition) is 1. The van der Waals surface area contributed by atoms with Gasteiger partial charge in [0, 0.05) is 6.42 Å². The second-order valence-corrected chi connectivity index (χ2v) is 6.14. The molecule has 1 aliphatic rings. The summed E-state index contributed by atoms with van der Waals surface area (Å²) in [5.41, 5.74) is 0.386. The Balaban J connectivity index is 1.88. The molecule has 3 rings (SSSR count). The number of methoxy groups -OCH3 is 1. The van der Waals surface area contributed by atoms with Gasteiger partial charge in [-0.05, 0) is 30.7 Å². The summed E-state index contributed by atoms with van der Waals surface area (Å²) in [6.07, 6.45) is 0.295. The molecule has 0 spiro atoms. The van der Waals surface area contributed by atoms with E-state index >= 15 is 0 Å². The molecule has 2 aromatic carbocycles. The highest BCUT2D eigenvalue weighted by Gasteiger charge is 2.42. The fourth-order valence-corrected chi connectivity index (χ4v) is 2.98. The lowest BCUT2D eigenvalue weighted by Gasteiger charge is -2.33. The third kappa shape index (κ3) is 2.83. The summed E-state index contributed by atoms with van der Waals surface area (Å²) in [5.74, 6) is -0.586. The standard InChI is InChI=1S/C18H16ClNO4/c1-18(10-11-6-3-4-7-12(11)16(21)24-18)17(22)20-14-9-5-8-13(19)15(14)23-2/h3-9H,10H2,1-2H3,(H,20,22). The molecule has 0 aromatic heterocycles. The van der Waals surface area contributed by atoms with Gasteiger partial charge in [0.05, 0.1) is 23.4 Å². The number of rotatable bonds is 3. The van der Waals surface area contributed by atoms with Crippen molar-refractivity contribution in [2.45, 2.75) is 18.9 Å². The number of hydrogen-bond acceptors (Lipinski definition) is 4. The summed E-state index contributed by atoms with van der Waals surface area (Å²) in [7, 11) is 1.47. The summed E-state index contributed by atoms with van der Waals surface area (Å²) >= 11 is 6.06. The van der Waals surface area contributed by atoms with Gasteiger partial charge in [-0.3, -0.25) is 4.79 Å². The number of cyclic esters (lactones) is 1. The van der Waals surface area contributed by atoms with Crippen molar-refractivity contribution in [2.75, 3.05) is 12.4 Å². The van der Waals surface area contributed by atoms with Crippen LogP contribution in [-0.2, 0) is 16.0 Å². The van der Waals surface area contributed by atoms with Crippen molar-refractivity contribution in [1.29, 1.82) is 0 Å². The molecule has 1 aliphatic heterocycles. The number of carbonyl (C=O) groups is 2. The van der Waals surface area contributed by atoms with Crippen LogP contribution < -0.4 is 10.1 Å². The van der Waals surface area contributed by atoms with Gasteiger partial charge in [0.15, 0.2) is 11.4 Å². The van der Waals surface area contributed by atoms with E-state index in [0.717, 1.165) is 5.56 Å². The van der Waals surface area contributed by atoms with Crippen LogP contribution in [0, 0.1) is 0 Å². The lowest BCUT2D eigenvalue weighted by atomic mass is 9.89. The van der Waals surface area contributed by atoms with E-state index in [9.17, 15) is 9.59 Å². The zero-order valence-electron chi connectivity index (χ0n) is 13.3. The Kier molecular flexibility index (Phi) is 4.20. The molecule has 24 heavy (non-hydrogen) atoms. The SMILES string of the molecule is COc1c(Cl)cccc1NC(=O)C1(C)Cc2ccccc2C(=O)O1. The number of para-hydroxylation sites is 1. The molecule has 0 radical (unpaired) electrons. The fraction of sp³-hybridized carbons (Fsp3) is 0.222. The predicted octanol–water partition coefficient (Wildman–Crippen LogP) is 3.46. The van der Waals surface area contributed by atoms with Gasteiger partial charge >= 0.3 is 5.97 Å². The summed E-state index contributed by atoms with van der Waals surface area (Å²) in [5, 5.41) is 3.12. The molecule has 1 amide bonds. The molecule has 1 heterocycles. The number of benzene rings is 2. The zero-order chi connectivity index (χ0) is 17.3. The average Bonchev–Trinajstić information content (AvgIpc) is 2.55. The Labute approximate surface area is 144 Å². The van der Waals surface area contributed by atoms with Gasteiger partial charge < -0.3 is 14.8 Å². The minimum absolute atomic E-state index is 0.295. The van der Waals surface area contributed by atoms with E-state index in [2.05, 4.69) is 5.32 Å². The molecule has 6 heteroatoms. The van der Waals surface area contributed by atoms with Gasteiger partial charge in [0.2, 0.25) is 0 Å². The molecule has 0 saturated heterocycles.